The van der Waals surface area contributed by atoms with E-state index in [2.05, 4.69) is 20.2 Å². The van der Waals surface area contributed by atoms with Crippen LogP contribution >= 0.6 is 34.7 Å². The molecule has 10 heteroatoms. The van der Waals surface area contributed by atoms with Crippen molar-refractivity contribution in [1.29, 1.82) is 0 Å². The number of halogens is 1. The quantitative estimate of drug-likeness (QED) is 0.338. The number of thioether (sulfide) groups is 1. The number of hydrogen-bond acceptors (Lipinski definition) is 7. The summed E-state index contributed by atoms with van der Waals surface area (Å²) in [5.74, 6) is 1.33. The lowest BCUT2D eigenvalue weighted by Gasteiger charge is -2.13. The number of aryl methyl sites for hydroxylation is 1. The Morgan fingerprint density at radius 2 is 1.94 bits per heavy atom. The van der Waals surface area contributed by atoms with Crippen LogP contribution in [0.15, 0.2) is 53.3 Å². The minimum atomic E-state index is 0.0256. The van der Waals surface area contributed by atoms with Crippen molar-refractivity contribution in [2.45, 2.75) is 30.7 Å². The first-order valence-corrected chi connectivity index (χ1v) is 12.8. The third-order valence-electron chi connectivity index (χ3n) is 5.47. The van der Waals surface area contributed by atoms with Gasteiger partial charge in [0.1, 0.15) is 10.7 Å². The van der Waals surface area contributed by atoms with Gasteiger partial charge in [0.05, 0.1) is 11.4 Å². The molecule has 0 spiro atoms. The molecule has 1 saturated heterocycles. The third kappa shape index (κ3) is 4.66. The maximum absolute atomic E-state index is 12.6. The summed E-state index contributed by atoms with van der Waals surface area (Å²) in [6.45, 7) is 3.67. The van der Waals surface area contributed by atoms with E-state index in [0.717, 1.165) is 52.9 Å². The monoisotopic (exact) mass is 496 g/mol. The van der Waals surface area contributed by atoms with Crippen LogP contribution in [0.3, 0.4) is 0 Å². The van der Waals surface area contributed by atoms with Crippen molar-refractivity contribution < 1.29 is 4.79 Å². The molecule has 4 aromatic rings. The van der Waals surface area contributed by atoms with E-state index in [-0.39, 0.29) is 5.91 Å². The summed E-state index contributed by atoms with van der Waals surface area (Å²) >= 11 is 9.36. The summed E-state index contributed by atoms with van der Waals surface area (Å²) in [6, 6.07) is 9.60. The summed E-state index contributed by atoms with van der Waals surface area (Å²) in [4.78, 5) is 23.2. The van der Waals surface area contributed by atoms with E-state index in [1.54, 1.807) is 12.4 Å². The van der Waals surface area contributed by atoms with Gasteiger partial charge in [-0.15, -0.1) is 21.5 Å². The summed E-state index contributed by atoms with van der Waals surface area (Å²) < 4.78 is 2.02. The summed E-state index contributed by atoms with van der Waals surface area (Å²) in [7, 11) is 0. The van der Waals surface area contributed by atoms with Gasteiger partial charge < -0.3 is 4.90 Å². The average Bonchev–Trinajstić information content (AvgIpc) is 3.60. The molecule has 0 N–H and O–H groups in total. The molecule has 168 valence electrons. The molecule has 1 amide bonds. The van der Waals surface area contributed by atoms with Gasteiger partial charge in [0.15, 0.2) is 11.0 Å². The second kappa shape index (κ2) is 9.62. The van der Waals surface area contributed by atoms with Crippen molar-refractivity contribution in [3.8, 4) is 17.1 Å². The van der Waals surface area contributed by atoms with Gasteiger partial charge in [0.2, 0.25) is 0 Å². The zero-order chi connectivity index (χ0) is 22.8. The largest absolute Gasteiger partial charge is 0.337 e. The van der Waals surface area contributed by atoms with Gasteiger partial charge in [-0.25, -0.2) is 4.98 Å². The van der Waals surface area contributed by atoms with Crippen LogP contribution in [-0.2, 0) is 5.75 Å². The summed E-state index contributed by atoms with van der Waals surface area (Å²) in [6.07, 6.45) is 5.61. The Morgan fingerprint density at radius 3 is 2.73 bits per heavy atom. The minimum absolute atomic E-state index is 0.0256. The molecule has 1 fully saturated rings. The highest BCUT2D eigenvalue weighted by molar-refractivity contribution is 7.98. The molecule has 3 aromatic heterocycles. The van der Waals surface area contributed by atoms with Gasteiger partial charge in [-0.3, -0.25) is 14.3 Å². The van der Waals surface area contributed by atoms with Gasteiger partial charge in [-0.05, 0) is 49.6 Å². The first-order valence-electron chi connectivity index (χ1n) is 10.6. The Kier molecular flexibility index (Phi) is 6.43. The first-order chi connectivity index (χ1) is 16.1. The first kappa shape index (κ1) is 22.1. The lowest BCUT2D eigenvalue weighted by atomic mass is 10.2. The molecule has 1 aromatic carbocycles. The highest BCUT2D eigenvalue weighted by Crippen LogP contribution is 2.32. The van der Waals surface area contributed by atoms with Crippen molar-refractivity contribution >= 4 is 40.6 Å². The number of carbonyl (C=O) groups excluding carboxylic acids is 1. The molecule has 0 saturated carbocycles. The van der Waals surface area contributed by atoms with E-state index in [9.17, 15) is 4.79 Å². The van der Waals surface area contributed by atoms with Crippen LogP contribution in [0.25, 0.3) is 17.1 Å². The number of benzene rings is 1. The standard InChI is InChI=1S/C23H21ClN6OS2/c1-15-4-5-17(24)12-19(15)30-21(16-6-8-25-9-7-16)27-28-23(30)33-14-20-26-18(13-32-20)22(31)29-10-2-3-11-29/h4-9,12-13H,2-3,10-11,14H2,1H3. The number of pyridine rings is 1. The molecular weight excluding hydrogens is 476 g/mol. The Morgan fingerprint density at radius 1 is 1.15 bits per heavy atom. The van der Waals surface area contributed by atoms with E-state index in [1.807, 2.05) is 52.1 Å². The van der Waals surface area contributed by atoms with Crippen LogP contribution < -0.4 is 0 Å². The number of rotatable bonds is 6. The maximum atomic E-state index is 12.6. The van der Waals surface area contributed by atoms with Crippen LogP contribution in [0.2, 0.25) is 5.02 Å². The zero-order valence-corrected chi connectivity index (χ0v) is 20.3. The predicted molar refractivity (Wildman–Crippen MR) is 131 cm³/mol. The molecule has 4 heterocycles. The molecule has 7 nitrogen and oxygen atoms in total. The number of thiazole rings is 1. The number of nitrogens with zero attached hydrogens (tertiary/aromatic N) is 6. The van der Waals surface area contributed by atoms with Gasteiger partial charge in [0, 0.05) is 41.4 Å². The molecule has 1 aliphatic rings. The van der Waals surface area contributed by atoms with Gasteiger partial charge in [-0.1, -0.05) is 29.4 Å². The maximum Gasteiger partial charge on any atom is 0.273 e. The lowest BCUT2D eigenvalue weighted by Crippen LogP contribution is -2.27. The van der Waals surface area contributed by atoms with Crippen LogP contribution in [0.5, 0.6) is 0 Å². The van der Waals surface area contributed by atoms with Crippen molar-refractivity contribution in [3.05, 3.63) is 69.4 Å². The van der Waals surface area contributed by atoms with Gasteiger partial charge in [0.25, 0.3) is 5.91 Å². The number of carbonyl (C=O) groups is 1. The minimum Gasteiger partial charge on any atom is -0.337 e. The van der Waals surface area contributed by atoms with E-state index >= 15 is 0 Å². The fraction of sp³-hybridized carbons (Fsp3) is 0.261. The molecular formula is C23H21ClN6OS2. The number of aromatic nitrogens is 5. The fourth-order valence-corrected chi connectivity index (χ4v) is 5.67. The Bertz CT molecular complexity index is 1280. The van der Waals surface area contributed by atoms with Crippen LogP contribution in [0.4, 0.5) is 0 Å². The Balaban J connectivity index is 1.44. The predicted octanol–water partition coefficient (Wildman–Crippen LogP) is 5.28. The van der Waals surface area contributed by atoms with E-state index in [0.29, 0.717) is 22.3 Å². The molecule has 1 aliphatic heterocycles. The number of likely N-dealkylation sites (tertiary alicyclic amines) is 1. The van der Waals surface area contributed by atoms with Crippen molar-refractivity contribution in [2.75, 3.05) is 13.1 Å². The van der Waals surface area contributed by atoms with Crippen molar-refractivity contribution in [3.63, 3.8) is 0 Å². The van der Waals surface area contributed by atoms with E-state index in [1.165, 1.54) is 23.1 Å². The van der Waals surface area contributed by atoms with E-state index in [4.69, 9.17) is 11.6 Å². The zero-order valence-electron chi connectivity index (χ0n) is 17.9. The van der Waals surface area contributed by atoms with E-state index < -0.39 is 0 Å². The normalized spacial score (nSPS) is 13.6. The Labute approximate surface area is 204 Å². The second-order valence-corrected chi connectivity index (χ2v) is 10.0. The number of amides is 1. The molecule has 0 atom stereocenters. The highest BCUT2D eigenvalue weighted by atomic mass is 35.5. The Hall–Kier alpha value is -2.75. The van der Waals surface area contributed by atoms with Crippen LogP contribution in [0, 0.1) is 6.92 Å². The number of hydrogen-bond donors (Lipinski definition) is 0. The molecule has 0 unspecified atom stereocenters. The van der Waals surface area contributed by atoms with Gasteiger partial charge in [-0.2, -0.15) is 0 Å². The molecule has 0 bridgehead atoms. The van der Waals surface area contributed by atoms with Crippen LogP contribution in [0.1, 0.15) is 33.9 Å². The smallest absolute Gasteiger partial charge is 0.273 e. The molecule has 0 radical (unpaired) electrons. The topological polar surface area (TPSA) is 76.8 Å². The van der Waals surface area contributed by atoms with Gasteiger partial charge >= 0.3 is 0 Å². The average molecular weight is 497 g/mol. The SMILES string of the molecule is Cc1ccc(Cl)cc1-n1c(SCc2nc(C(=O)N3CCCC3)cs2)nnc1-c1ccncc1. The lowest BCUT2D eigenvalue weighted by molar-refractivity contribution is 0.0787. The highest BCUT2D eigenvalue weighted by Gasteiger charge is 2.22. The fourth-order valence-electron chi connectivity index (χ4n) is 3.78. The van der Waals surface area contributed by atoms with Crippen LogP contribution in [-0.4, -0.2) is 48.6 Å². The molecule has 5 rings (SSSR count). The molecule has 0 aliphatic carbocycles. The third-order valence-corrected chi connectivity index (χ3v) is 7.68. The van der Waals surface area contributed by atoms with Crippen molar-refractivity contribution in [1.82, 2.24) is 29.6 Å². The summed E-state index contributed by atoms with van der Waals surface area (Å²) in [5, 5.41) is 13.1. The second-order valence-electron chi connectivity index (χ2n) is 7.72. The summed E-state index contributed by atoms with van der Waals surface area (Å²) in [5.41, 5.74) is 3.42. The van der Waals surface area contributed by atoms with Crippen molar-refractivity contribution in [2.24, 2.45) is 0 Å². The molecule has 33 heavy (non-hydrogen) atoms.